The highest BCUT2D eigenvalue weighted by Crippen LogP contribution is 2.17. The number of anilines is 1. The SMILES string of the molecule is CCc1cccc(NC(=O)c2cc(=O)[nH]c3ccccc23)c1. The van der Waals surface area contributed by atoms with Gasteiger partial charge in [0.1, 0.15) is 0 Å². The third-order valence-electron chi connectivity index (χ3n) is 3.59. The van der Waals surface area contributed by atoms with Crippen molar-refractivity contribution in [1.29, 1.82) is 0 Å². The van der Waals surface area contributed by atoms with E-state index >= 15 is 0 Å². The van der Waals surface area contributed by atoms with Gasteiger partial charge in [0.25, 0.3) is 5.91 Å². The Morgan fingerprint density at radius 3 is 2.73 bits per heavy atom. The Bertz CT molecular complexity index is 897. The minimum atomic E-state index is -0.286. The summed E-state index contributed by atoms with van der Waals surface area (Å²) in [7, 11) is 0. The van der Waals surface area contributed by atoms with Crippen LogP contribution in [0.3, 0.4) is 0 Å². The molecule has 0 saturated heterocycles. The second-order valence-electron chi connectivity index (χ2n) is 5.10. The molecule has 0 fully saturated rings. The standard InChI is InChI=1S/C18H16N2O2/c1-2-12-6-5-7-13(10-12)19-18(22)15-11-17(21)20-16-9-4-3-8-14(15)16/h3-11H,2H2,1H3,(H,19,22)(H,20,21). The van der Waals surface area contributed by atoms with Crippen LogP contribution < -0.4 is 10.9 Å². The number of carbonyl (C=O) groups is 1. The lowest BCUT2D eigenvalue weighted by molar-refractivity contribution is 0.102. The van der Waals surface area contributed by atoms with E-state index in [9.17, 15) is 9.59 Å². The van der Waals surface area contributed by atoms with E-state index in [1.807, 2.05) is 42.5 Å². The van der Waals surface area contributed by atoms with E-state index in [4.69, 9.17) is 0 Å². The first-order valence-electron chi connectivity index (χ1n) is 7.19. The third-order valence-corrected chi connectivity index (χ3v) is 3.59. The normalized spacial score (nSPS) is 10.6. The van der Waals surface area contributed by atoms with Crippen LogP contribution >= 0.6 is 0 Å². The van der Waals surface area contributed by atoms with Gasteiger partial charge in [0.2, 0.25) is 5.56 Å². The molecule has 0 unspecified atom stereocenters. The molecule has 3 aromatic rings. The quantitative estimate of drug-likeness (QED) is 0.777. The summed E-state index contributed by atoms with van der Waals surface area (Å²) in [5.74, 6) is -0.282. The van der Waals surface area contributed by atoms with E-state index in [0.717, 1.165) is 23.1 Å². The Hall–Kier alpha value is -2.88. The van der Waals surface area contributed by atoms with Crippen molar-refractivity contribution < 1.29 is 4.79 Å². The Labute approximate surface area is 127 Å². The number of H-pyrrole nitrogens is 1. The van der Waals surface area contributed by atoms with Gasteiger partial charge in [-0.2, -0.15) is 0 Å². The molecule has 1 aromatic heterocycles. The molecule has 0 aliphatic rings. The van der Waals surface area contributed by atoms with E-state index in [-0.39, 0.29) is 11.5 Å². The van der Waals surface area contributed by atoms with E-state index in [0.29, 0.717) is 11.1 Å². The number of aryl methyl sites for hydroxylation is 1. The molecule has 0 aliphatic heterocycles. The van der Waals surface area contributed by atoms with Crippen LogP contribution in [0.15, 0.2) is 59.4 Å². The number of pyridine rings is 1. The second kappa shape index (κ2) is 5.85. The number of aromatic nitrogens is 1. The average molecular weight is 292 g/mol. The van der Waals surface area contributed by atoms with Gasteiger partial charge in [-0.15, -0.1) is 0 Å². The monoisotopic (exact) mass is 292 g/mol. The van der Waals surface area contributed by atoms with Crippen LogP contribution in [-0.2, 0) is 6.42 Å². The molecule has 2 N–H and O–H groups in total. The van der Waals surface area contributed by atoms with Crippen molar-refractivity contribution in [3.8, 4) is 0 Å². The van der Waals surface area contributed by atoms with Gasteiger partial charge in [0.05, 0.1) is 5.56 Å². The van der Waals surface area contributed by atoms with Crippen molar-refractivity contribution in [1.82, 2.24) is 4.98 Å². The van der Waals surface area contributed by atoms with Crippen molar-refractivity contribution in [3.05, 3.63) is 76.1 Å². The number of amides is 1. The molecule has 0 radical (unpaired) electrons. The Morgan fingerprint density at radius 2 is 1.91 bits per heavy atom. The first kappa shape index (κ1) is 14.1. The Morgan fingerprint density at radius 1 is 1.09 bits per heavy atom. The summed E-state index contributed by atoms with van der Waals surface area (Å²) in [5.41, 5.74) is 2.62. The van der Waals surface area contributed by atoms with Crippen molar-refractivity contribution in [2.75, 3.05) is 5.32 Å². The Kier molecular flexibility index (Phi) is 3.74. The number of hydrogen-bond acceptors (Lipinski definition) is 2. The molecule has 4 heteroatoms. The van der Waals surface area contributed by atoms with Gasteiger partial charge in [-0.05, 0) is 30.2 Å². The van der Waals surface area contributed by atoms with Crippen LogP contribution in [0.2, 0.25) is 0 Å². The molecular weight excluding hydrogens is 276 g/mol. The molecule has 1 heterocycles. The van der Waals surface area contributed by atoms with Gasteiger partial charge in [-0.1, -0.05) is 37.3 Å². The second-order valence-corrected chi connectivity index (χ2v) is 5.10. The Balaban J connectivity index is 2.00. The van der Waals surface area contributed by atoms with Crippen LogP contribution in [0.1, 0.15) is 22.8 Å². The largest absolute Gasteiger partial charge is 0.322 e. The fourth-order valence-corrected chi connectivity index (χ4v) is 2.46. The van der Waals surface area contributed by atoms with Crippen LogP contribution in [0, 0.1) is 0 Å². The highest BCUT2D eigenvalue weighted by molar-refractivity contribution is 6.12. The summed E-state index contributed by atoms with van der Waals surface area (Å²) in [6.45, 7) is 2.06. The lowest BCUT2D eigenvalue weighted by Gasteiger charge is -2.09. The number of aromatic amines is 1. The highest BCUT2D eigenvalue weighted by Gasteiger charge is 2.12. The fraction of sp³-hybridized carbons (Fsp3) is 0.111. The summed E-state index contributed by atoms with van der Waals surface area (Å²) in [6, 6.07) is 16.3. The zero-order chi connectivity index (χ0) is 15.5. The number of fused-ring (bicyclic) bond motifs is 1. The van der Waals surface area contributed by atoms with Crippen LogP contribution in [-0.4, -0.2) is 10.9 Å². The maximum Gasteiger partial charge on any atom is 0.256 e. The van der Waals surface area contributed by atoms with Crippen LogP contribution in [0.25, 0.3) is 10.9 Å². The predicted octanol–water partition coefficient (Wildman–Crippen LogP) is 3.34. The number of rotatable bonds is 3. The molecule has 22 heavy (non-hydrogen) atoms. The number of hydrogen-bond donors (Lipinski definition) is 2. The average Bonchev–Trinajstić information content (AvgIpc) is 2.54. The molecule has 4 nitrogen and oxygen atoms in total. The molecular formula is C18H16N2O2. The minimum Gasteiger partial charge on any atom is -0.322 e. The van der Waals surface area contributed by atoms with Crippen LogP contribution in [0.5, 0.6) is 0 Å². The van der Waals surface area contributed by atoms with Gasteiger partial charge >= 0.3 is 0 Å². The zero-order valence-electron chi connectivity index (χ0n) is 12.2. The molecule has 3 rings (SSSR count). The molecule has 0 bridgehead atoms. The summed E-state index contributed by atoms with van der Waals surface area (Å²) in [5, 5.41) is 3.59. The molecule has 2 aromatic carbocycles. The third kappa shape index (κ3) is 2.76. The predicted molar refractivity (Wildman–Crippen MR) is 88.3 cm³/mol. The van der Waals surface area contributed by atoms with E-state index in [1.165, 1.54) is 6.07 Å². The van der Waals surface area contributed by atoms with Gasteiger partial charge in [-0.3, -0.25) is 9.59 Å². The van der Waals surface area contributed by atoms with E-state index in [1.54, 1.807) is 6.07 Å². The van der Waals surface area contributed by atoms with Crippen LogP contribution in [0.4, 0.5) is 5.69 Å². The van der Waals surface area contributed by atoms with Crippen molar-refractivity contribution >= 4 is 22.5 Å². The van der Waals surface area contributed by atoms with Crippen molar-refractivity contribution in [3.63, 3.8) is 0 Å². The van der Waals surface area contributed by atoms with Crippen molar-refractivity contribution in [2.45, 2.75) is 13.3 Å². The molecule has 0 saturated carbocycles. The summed E-state index contributed by atoms with van der Waals surface area (Å²) >= 11 is 0. The molecule has 0 aliphatic carbocycles. The van der Waals surface area contributed by atoms with Gasteiger partial charge in [0.15, 0.2) is 0 Å². The van der Waals surface area contributed by atoms with E-state index < -0.39 is 0 Å². The number of nitrogens with one attached hydrogen (secondary N) is 2. The lowest BCUT2D eigenvalue weighted by Crippen LogP contribution is -2.16. The maximum absolute atomic E-state index is 12.5. The summed E-state index contributed by atoms with van der Waals surface area (Å²) < 4.78 is 0. The number of para-hydroxylation sites is 1. The molecule has 110 valence electrons. The summed E-state index contributed by atoms with van der Waals surface area (Å²) in [6.07, 6.45) is 0.900. The van der Waals surface area contributed by atoms with Crippen molar-refractivity contribution in [2.24, 2.45) is 0 Å². The molecule has 0 atom stereocenters. The first-order chi connectivity index (χ1) is 10.7. The van der Waals surface area contributed by atoms with Gasteiger partial charge < -0.3 is 10.3 Å². The molecule has 1 amide bonds. The minimum absolute atomic E-state index is 0.282. The molecule has 0 spiro atoms. The topological polar surface area (TPSA) is 62.0 Å². The van der Waals surface area contributed by atoms with Gasteiger partial charge in [0, 0.05) is 22.7 Å². The number of carbonyl (C=O) groups excluding carboxylic acids is 1. The lowest BCUT2D eigenvalue weighted by atomic mass is 10.1. The maximum atomic E-state index is 12.5. The number of benzene rings is 2. The zero-order valence-corrected chi connectivity index (χ0v) is 12.2. The van der Waals surface area contributed by atoms with Gasteiger partial charge in [-0.25, -0.2) is 0 Å². The fourth-order valence-electron chi connectivity index (χ4n) is 2.46. The van der Waals surface area contributed by atoms with E-state index in [2.05, 4.69) is 17.2 Å². The smallest absolute Gasteiger partial charge is 0.256 e. The summed E-state index contributed by atoms with van der Waals surface area (Å²) in [4.78, 5) is 27.0. The first-order valence-corrected chi connectivity index (χ1v) is 7.19. The highest BCUT2D eigenvalue weighted by atomic mass is 16.2.